The fourth-order valence-electron chi connectivity index (χ4n) is 2.11. The van der Waals surface area contributed by atoms with Crippen LogP contribution >= 0.6 is 0 Å². The van der Waals surface area contributed by atoms with Crippen molar-refractivity contribution in [1.82, 2.24) is 5.32 Å². The van der Waals surface area contributed by atoms with Gasteiger partial charge < -0.3 is 10.1 Å². The molecule has 5 heteroatoms. The molecule has 2 atom stereocenters. The number of hydrogen-bond acceptors (Lipinski definition) is 2. The first-order chi connectivity index (χ1) is 8.47. The van der Waals surface area contributed by atoms with Gasteiger partial charge in [-0.05, 0) is 44.2 Å². The molecule has 1 aromatic carbocycles. The maximum Gasteiger partial charge on any atom is 0.416 e. The van der Waals surface area contributed by atoms with Crippen LogP contribution in [-0.4, -0.2) is 19.2 Å². The minimum Gasteiger partial charge on any atom is -0.490 e. The van der Waals surface area contributed by atoms with Gasteiger partial charge in [0.1, 0.15) is 5.75 Å². The Labute approximate surface area is 104 Å². The number of hydrogen-bond donors (Lipinski definition) is 1. The first-order valence-electron chi connectivity index (χ1n) is 6.01. The summed E-state index contributed by atoms with van der Waals surface area (Å²) in [6.07, 6.45) is -3.24. The van der Waals surface area contributed by atoms with Gasteiger partial charge in [0, 0.05) is 12.5 Å². The summed E-state index contributed by atoms with van der Waals surface area (Å²) in [6.45, 7) is 3.84. The highest BCUT2D eigenvalue weighted by molar-refractivity contribution is 5.29. The van der Waals surface area contributed by atoms with E-state index in [1.54, 1.807) is 0 Å². The Morgan fingerprint density at radius 2 is 1.94 bits per heavy atom. The summed E-state index contributed by atoms with van der Waals surface area (Å²) in [4.78, 5) is 0. The lowest BCUT2D eigenvalue weighted by Crippen LogP contribution is -2.25. The maximum absolute atomic E-state index is 12.4. The summed E-state index contributed by atoms with van der Waals surface area (Å²) in [5.41, 5.74) is -0.648. The van der Waals surface area contributed by atoms with E-state index in [4.69, 9.17) is 4.74 Å². The predicted molar refractivity (Wildman–Crippen MR) is 62.5 cm³/mol. The molecule has 100 valence electrons. The number of nitrogens with one attached hydrogen (secondary N) is 1. The standard InChI is InChI=1S/C13H16F3NO/c1-9(10-6-7-17-8-10)18-12-4-2-11(3-5-12)13(14,15)16/h2-5,9-10,17H,6-8H2,1H3. The van der Waals surface area contributed by atoms with Crippen molar-refractivity contribution in [2.45, 2.75) is 25.6 Å². The third-order valence-electron chi connectivity index (χ3n) is 3.27. The first-order valence-corrected chi connectivity index (χ1v) is 6.01. The summed E-state index contributed by atoms with van der Waals surface area (Å²) in [5.74, 6) is 0.912. The summed E-state index contributed by atoms with van der Waals surface area (Å²) in [5, 5.41) is 3.24. The Morgan fingerprint density at radius 1 is 1.28 bits per heavy atom. The van der Waals surface area contributed by atoms with Crippen LogP contribution < -0.4 is 10.1 Å². The Morgan fingerprint density at radius 3 is 2.44 bits per heavy atom. The summed E-state index contributed by atoms with van der Waals surface area (Å²) < 4.78 is 42.8. The van der Waals surface area contributed by atoms with Crippen LogP contribution in [0.2, 0.25) is 0 Å². The van der Waals surface area contributed by atoms with Crippen LogP contribution in [0.15, 0.2) is 24.3 Å². The van der Waals surface area contributed by atoms with E-state index in [2.05, 4.69) is 5.32 Å². The van der Waals surface area contributed by atoms with Gasteiger partial charge in [-0.2, -0.15) is 13.2 Å². The summed E-state index contributed by atoms with van der Waals surface area (Å²) in [7, 11) is 0. The lowest BCUT2D eigenvalue weighted by atomic mass is 10.0. The fourth-order valence-corrected chi connectivity index (χ4v) is 2.11. The quantitative estimate of drug-likeness (QED) is 0.900. The molecule has 2 rings (SSSR count). The highest BCUT2D eigenvalue weighted by atomic mass is 19.4. The second-order valence-corrected chi connectivity index (χ2v) is 4.60. The summed E-state index contributed by atoms with van der Waals surface area (Å²) >= 11 is 0. The SMILES string of the molecule is CC(Oc1ccc(C(F)(F)F)cc1)C1CCNC1. The van der Waals surface area contributed by atoms with Gasteiger partial charge in [-0.25, -0.2) is 0 Å². The second kappa shape index (κ2) is 5.18. The van der Waals surface area contributed by atoms with Crippen LogP contribution in [0.4, 0.5) is 13.2 Å². The Bertz CT molecular complexity index is 382. The van der Waals surface area contributed by atoms with E-state index in [1.165, 1.54) is 12.1 Å². The largest absolute Gasteiger partial charge is 0.490 e. The van der Waals surface area contributed by atoms with Crippen LogP contribution in [0.25, 0.3) is 0 Å². The van der Waals surface area contributed by atoms with Crippen LogP contribution in [0.1, 0.15) is 18.9 Å². The molecule has 1 aliphatic rings. The zero-order valence-corrected chi connectivity index (χ0v) is 10.1. The van der Waals surface area contributed by atoms with E-state index in [0.717, 1.165) is 31.6 Å². The molecular formula is C13H16F3NO. The van der Waals surface area contributed by atoms with E-state index >= 15 is 0 Å². The number of rotatable bonds is 3. The van der Waals surface area contributed by atoms with Gasteiger partial charge >= 0.3 is 6.18 Å². The van der Waals surface area contributed by atoms with Gasteiger partial charge in [0.2, 0.25) is 0 Å². The Kier molecular flexibility index (Phi) is 3.80. The van der Waals surface area contributed by atoms with Crippen molar-refractivity contribution in [3.05, 3.63) is 29.8 Å². The van der Waals surface area contributed by atoms with Gasteiger partial charge in [-0.1, -0.05) is 0 Å². The van der Waals surface area contributed by atoms with Crippen LogP contribution in [0, 0.1) is 5.92 Å². The van der Waals surface area contributed by atoms with Gasteiger partial charge in [-0.3, -0.25) is 0 Å². The molecule has 1 fully saturated rings. The molecule has 0 radical (unpaired) electrons. The molecule has 1 N–H and O–H groups in total. The molecule has 2 unspecified atom stereocenters. The van der Waals surface area contributed by atoms with Crippen LogP contribution in [0.5, 0.6) is 5.75 Å². The molecule has 1 aromatic rings. The molecule has 0 aromatic heterocycles. The number of halogens is 3. The van der Waals surface area contributed by atoms with E-state index in [0.29, 0.717) is 11.7 Å². The molecule has 1 saturated heterocycles. The fraction of sp³-hybridized carbons (Fsp3) is 0.538. The third kappa shape index (κ3) is 3.16. The first kappa shape index (κ1) is 13.2. The van der Waals surface area contributed by atoms with Gasteiger partial charge in [0.05, 0.1) is 11.7 Å². The van der Waals surface area contributed by atoms with Crippen molar-refractivity contribution in [3.63, 3.8) is 0 Å². The molecule has 1 heterocycles. The monoisotopic (exact) mass is 259 g/mol. The van der Waals surface area contributed by atoms with Crippen LogP contribution in [-0.2, 0) is 6.18 Å². The molecule has 0 aliphatic carbocycles. The highest BCUT2D eigenvalue weighted by Gasteiger charge is 2.30. The summed E-state index contributed by atoms with van der Waals surface area (Å²) in [6, 6.07) is 4.85. The van der Waals surface area contributed by atoms with Gasteiger partial charge in [0.25, 0.3) is 0 Å². The average Bonchev–Trinajstić information content (AvgIpc) is 2.82. The topological polar surface area (TPSA) is 21.3 Å². The molecule has 2 nitrogen and oxygen atoms in total. The lowest BCUT2D eigenvalue weighted by molar-refractivity contribution is -0.137. The normalized spacial score (nSPS) is 21.9. The van der Waals surface area contributed by atoms with E-state index < -0.39 is 11.7 Å². The van der Waals surface area contributed by atoms with Crippen molar-refractivity contribution >= 4 is 0 Å². The van der Waals surface area contributed by atoms with E-state index in [9.17, 15) is 13.2 Å². The molecule has 18 heavy (non-hydrogen) atoms. The van der Waals surface area contributed by atoms with E-state index in [-0.39, 0.29) is 6.10 Å². The van der Waals surface area contributed by atoms with E-state index in [1.807, 2.05) is 6.92 Å². The molecule has 0 spiro atoms. The maximum atomic E-state index is 12.4. The zero-order valence-electron chi connectivity index (χ0n) is 10.1. The van der Waals surface area contributed by atoms with Gasteiger partial charge in [-0.15, -0.1) is 0 Å². The Balaban J connectivity index is 1.97. The molecule has 0 saturated carbocycles. The molecule has 0 bridgehead atoms. The smallest absolute Gasteiger partial charge is 0.416 e. The Hall–Kier alpha value is -1.23. The molecule has 1 aliphatic heterocycles. The minimum absolute atomic E-state index is 0.0109. The average molecular weight is 259 g/mol. The van der Waals surface area contributed by atoms with Crippen molar-refractivity contribution < 1.29 is 17.9 Å². The predicted octanol–water partition coefficient (Wildman–Crippen LogP) is 3.08. The lowest BCUT2D eigenvalue weighted by Gasteiger charge is -2.20. The van der Waals surface area contributed by atoms with Gasteiger partial charge in [0.15, 0.2) is 0 Å². The van der Waals surface area contributed by atoms with Crippen molar-refractivity contribution in [1.29, 1.82) is 0 Å². The van der Waals surface area contributed by atoms with Crippen molar-refractivity contribution in [2.24, 2.45) is 5.92 Å². The zero-order chi connectivity index (χ0) is 13.2. The molecular weight excluding hydrogens is 243 g/mol. The number of ether oxygens (including phenoxy) is 1. The molecule has 0 amide bonds. The number of alkyl halides is 3. The number of benzene rings is 1. The third-order valence-corrected chi connectivity index (χ3v) is 3.27. The second-order valence-electron chi connectivity index (χ2n) is 4.60. The van der Waals surface area contributed by atoms with Crippen molar-refractivity contribution in [3.8, 4) is 5.75 Å². The van der Waals surface area contributed by atoms with Crippen molar-refractivity contribution in [2.75, 3.05) is 13.1 Å². The highest BCUT2D eigenvalue weighted by Crippen LogP contribution is 2.30. The minimum atomic E-state index is -4.29. The van der Waals surface area contributed by atoms with Crippen LogP contribution in [0.3, 0.4) is 0 Å².